The van der Waals surface area contributed by atoms with Gasteiger partial charge in [0.05, 0.1) is 11.4 Å². The summed E-state index contributed by atoms with van der Waals surface area (Å²) in [5.74, 6) is 0.750. The molecule has 1 fully saturated rings. The molecule has 1 atom stereocenters. The molecule has 6 nitrogen and oxygen atoms in total. The predicted octanol–water partition coefficient (Wildman–Crippen LogP) is 6.03. The Morgan fingerprint density at radius 1 is 1.24 bits per heavy atom. The summed E-state index contributed by atoms with van der Waals surface area (Å²) in [6.45, 7) is 1.93. The molecule has 1 saturated heterocycles. The van der Waals surface area contributed by atoms with Crippen LogP contribution < -0.4 is 9.62 Å². The molecule has 1 aliphatic heterocycles. The number of nitrogens with zero attached hydrogens (tertiary/aromatic N) is 3. The Labute approximate surface area is 205 Å². The van der Waals surface area contributed by atoms with E-state index in [4.69, 9.17) is 23.2 Å². The van der Waals surface area contributed by atoms with E-state index in [1.165, 1.54) is 30.9 Å². The average Bonchev–Trinajstić information content (AvgIpc) is 2.97. The molecule has 33 heavy (non-hydrogen) atoms. The first-order valence-corrected chi connectivity index (χ1v) is 13.3. The van der Waals surface area contributed by atoms with Gasteiger partial charge in [-0.05, 0) is 80.4 Å². The summed E-state index contributed by atoms with van der Waals surface area (Å²) in [4.78, 5) is -0.410. The van der Waals surface area contributed by atoms with Gasteiger partial charge in [-0.25, -0.2) is 0 Å². The molecule has 1 aromatic carbocycles. The number of piperidine rings is 1. The fourth-order valence-electron chi connectivity index (χ4n) is 4.45. The van der Waals surface area contributed by atoms with Crippen molar-refractivity contribution in [3.8, 4) is 0 Å². The summed E-state index contributed by atoms with van der Waals surface area (Å²) < 4.78 is 54.1. The van der Waals surface area contributed by atoms with Crippen molar-refractivity contribution in [3.63, 3.8) is 0 Å². The number of unbranched alkanes of at least 4 members (excludes halogenated alkanes) is 1. The maximum Gasteiger partial charge on any atom is 0.357 e. The van der Waals surface area contributed by atoms with E-state index < -0.39 is 21.8 Å². The number of aryl methyl sites for hydroxylation is 3. The Bertz CT molecular complexity index is 1010. The van der Waals surface area contributed by atoms with Crippen LogP contribution in [0.5, 0.6) is 0 Å². The number of rotatable bonds is 9. The molecular formula is C22H31Cl2F2N4O2S+. The summed E-state index contributed by atoms with van der Waals surface area (Å²) in [5.41, 5.74) is 1.22. The maximum absolute atomic E-state index is 14.1. The monoisotopic (exact) mass is 523 g/mol. The summed E-state index contributed by atoms with van der Waals surface area (Å²) in [5, 5.41) is 7.25. The van der Waals surface area contributed by atoms with E-state index in [0.29, 0.717) is 12.1 Å². The van der Waals surface area contributed by atoms with Crippen molar-refractivity contribution in [1.29, 1.82) is 0 Å². The molecule has 3 rings (SSSR count). The molecule has 2 heterocycles. The van der Waals surface area contributed by atoms with Crippen molar-refractivity contribution in [3.05, 3.63) is 39.1 Å². The molecule has 1 aliphatic rings. The lowest BCUT2D eigenvalue weighted by Gasteiger charge is -2.22. The van der Waals surface area contributed by atoms with Crippen LogP contribution in [0.3, 0.4) is 0 Å². The van der Waals surface area contributed by atoms with Crippen LogP contribution in [0, 0.1) is 19.8 Å². The Hall–Kier alpha value is -1.26. The van der Waals surface area contributed by atoms with E-state index in [1.54, 1.807) is 26.1 Å². The maximum atomic E-state index is 14.1. The molecule has 0 saturated carbocycles. The minimum atomic E-state index is -4.49. The first-order chi connectivity index (χ1) is 15.5. The number of halogens is 4. The van der Waals surface area contributed by atoms with E-state index in [9.17, 15) is 17.5 Å². The summed E-state index contributed by atoms with van der Waals surface area (Å²) >= 11 is 12.7. The van der Waals surface area contributed by atoms with Crippen LogP contribution in [-0.4, -0.2) is 34.0 Å². The van der Waals surface area contributed by atoms with Crippen molar-refractivity contribution in [1.82, 2.24) is 15.1 Å². The van der Waals surface area contributed by atoms with Gasteiger partial charge >= 0.3 is 16.9 Å². The van der Waals surface area contributed by atoms with Crippen molar-refractivity contribution in [2.24, 2.45) is 13.0 Å². The molecule has 0 bridgehead atoms. The van der Waals surface area contributed by atoms with Crippen molar-refractivity contribution in [2.45, 2.75) is 63.8 Å². The Morgan fingerprint density at radius 2 is 1.85 bits per heavy atom. The van der Waals surface area contributed by atoms with Gasteiger partial charge in [-0.15, -0.1) is 0 Å². The minimum Gasteiger partial charge on any atom is -0.317 e. The van der Waals surface area contributed by atoms with Crippen LogP contribution in [-0.2, 0) is 28.1 Å². The minimum absolute atomic E-state index is 0.104. The second-order valence-electron chi connectivity index (χ2n) is 8.57. The van der Waals surface area contributed by atoms with E-state index in [2.05, 4.69) is 10.4 Å². The normalized spacial score (nSPS) is 16.9. The second-order valence-corrected chi connectivity index (χ2v) is 11.2. The number of alkyl halides is 2. The molecule has 2 N–H and O–H groups in total. The van der Waals surface area contributed by atoms with Gasteiger partial charge in [0.25, 0.3) is 4.90 Å². The topological polar surface area (TPSA) is 70.4 Å². The Kier molecular flexibility index (Phi) is 8.77. The summed E-state index contributed by atoms with van der Waals surface area (Å²) in [7, 11) is -2.91. The molecule has 0 aliphatic carbocycles. The number of nitrogens with one attached hydrogen (secondary N) is 1. The lowest BCUT2D eigenvalue weighted by Crippen LogP contribution is -2.41. The van der Waals surface area contributed by atoms with Crippen LogP contribution in [0.25, 0.3) is 0 Å². The number of hydrogen-bond acceptors (Lipinski definition) is 3. The molecule has 0 amide bonds. The molecular weight excluding hydrogens is 493 g/mol. The molecule has 1 aromatic heterocycles. The third kappa shape index (κ3) is 5.88. The van der Waals surface area contributed by atoms with Gasteiger partial charge in [0.1, 0.15) is 15.7 Å². The van der Waals surface area contributed by atoms with E-state index in [-0.39, 0.29) is 25.7 Å². The van der Waals surface area contributed by atoms with Crippen molar-refractivity contribution in [2.75, 3.05) is 17.4 Å². The highest BCUT2D eigenvalue weighted by atomic mass is 35.5. The van der Waals surface area contributed by atoms with Gasteiger partial charge in [0.15, 0.2) is 0 Å². The highest BCUT2D eigenvalue weighted by Crippen LogP contribution is 2.41. The van der Waals surface area contributed by atoms with Crippen molar-refractivity contribution < 1.29 is 17.5 Å². The van der Waals surface area contributed by atoms with Crippen LogP contribution >= 0.6 is 23.2 Å². The fourth-order valence-corrected chi connectivity index (χ4v) is 7.14. The molecule has 0 spiro atoms. The highest BCUT2D eigenvalue weighted by Gasteiger charge is 2.49. The molecule has 2 aromatic rings. The molecule has 184 valence electrons. The fraction of sp³-hybridized carbons (Fsp3) is 0.591. The van der Waals surface area contributed by atoms with Gasteiger partial charge in [-0.1, -0.05) is 40.3 Å². The number of hydrogen-bond donors (Lipinski definition) is 2. The highest BCUT2D eigenvalue weighted by molar-refractivity contribution is 7.99. The summed E-state index contributed by atoms with van der Waals surface area (Å²) in [6, 6.07) is 3.10. The third-order valence-corrected chi connectivity index (χ3v) is 8.91. The smallest absolute Gasteiger partial charge is 0.317 e. The average molecular weight is 524 g/mol. The van der Waals surface area contributed by atoms with Gasteiger partial charge in [0.2, 0.25) is 0 Å². The Balaban J connectivity index is 1.80. The Morgan fingerprint density at radius 3 is 2.36 bits per heavy atom. The van der Waals surface area contributed by atoms with Crippen molar-refractivity contribution >= 4 is 39.3 Å². The first-order valence-electron chi connectivity index (χ1n) is 11.1. The van der Waals surface area contributed by atoms with Gasteiger partial charge in [0, 0.05) is 7.05 Å². The standard InChI is InChI=1S/C22H30Cl2F2N4O2S/c1-14-20(15(2)29(3)28-14)30(22(25)26)33(31,32)21-18(23)12-17(13-19(21)24)7-5-4-6-16-8-10-27-11-9-16/h12-13,16,22,27H,4-11H2,1-3H3/p+1. The number of benzene rings is 1. The molecule has 1 unspecified atom stereocenters. The lowest BCUT2D eigenvalue weighted by atomic mass is 9.92. The van der Waals surface area contributed by atoms with Crippen LogP contribution in [0.1, 0.15) is 49.1 Å². The third-order valence-electron chi connectivity index (χ3n) is 6.25. The largest absolute Gasteiger partial charge is 0.357 e. The first kappa shape index (κ1) is 26.3. The van der Waals surface area contributed by atoms with Crippen LogP contribution in [0.4, 0.5) is 14.5 Å². The van der Waals surface area contributed by atoms with E-state index in [0.717, 1.165) is 37.4 Å². The zero-order valence-electron chi connectivity index (χ0n) is 19.1. The SMILES string of the molecule is Cc1nn(C)c(C)c1N(C(F)F)[S+](=O)(O)c1c(Cl)cc(CCCCC2CCNCC2)cc1Cl. The zero-order chi connectivity index (χ0) is 24.3. The summed E-state index contributed by atoms with van der Waals surface area (Å²) in [6.07, 6.45) is 6.27. The van der Waals surface area contributed by atoms with Gasteiger partial charge in [-0.3, -0.25) is 4.68 Å². The predicted molar refractivity (Wildman–Crippen MR) is 130 cm³/mol. The molecule has 11 heteroatoms. The lowest BCUT2D eigenvalue weighted by molar-refractivity contribution is 0.159. The van der Waals surface area contributed by atoms with Gasteiger partial charge in [-0.2, -0.15) is 18.4 Å². The van der Waals surface area contributed by atoms with Gasteiger partial charge < -0.3 is 5.32 Å². The number of aromatic nitrogens is 2. The van der Waals surface area contributed by atoms with Crippen LogP contribution in [0.2, 0.25) is 10.0 Å². The van der Waals surface area contributed by atoms with E-state index >= 15 is 0 Å². The number of anilines is 1. The van der Waals surface area contributed by atoms with Crippen LogP contribution in [0.15, 0.2) is 17.0 Å². The molecule has 0 radical (unpaired) electrons. The zero-order valence-corrected chi connectivity index (χ0v) is 21.4. The quantitative estimate of drug-likeness (QED) is 0.239. The van der Waals surface area contributed by atoms with E-state index in [1.807, 2.05) is 0 Å². The second kappa shape index (κ2) is 11.0.